The van der Waals surface area contributed by atoms with E-state index in [0.717, 1.165) is 25.0 Å². The van der Waals surface area contributed by atoms with Crippen LogP contribution in [0.15, 0.2) is 31.1 Å². The number of aromatic nitrogens is 2. The summed E-state index contributed by atoms with van der Waals surface area (Å²) in [6.07, 6.45) is 12.9. The van der Waals surface area contributed by atoms with Crippen molar-refractivity contribution in [3.63, 3.8) is 0 Å². The molecule has 1 aliphatic heterocycles. The summed E-state index contributed by atoms with van der Waals surface area (Å²) in [5.74, 6) is 0.264. The first-order valence-corrected chi connectivity index (χ1v) is 6.10. The van der Waals surface area contributed by atoms with Crippen LogP contribution in [-0.4, -0.2) is 15.8 Å². The molecule has 0 saturated heterocycles. The molecule has 3 aliphatic rings. The minimum atomic E-state index is -0.368. The summed E-state index contributed by atoms with van der Waals surface area (Å²) in [4.78, 5) is 8.65. The second-order valence-corrected chi connectivity index (χ2v) is 5.27. The average Bonchev–Trinajstić information content (AvgIpc) is 2.94. The van der Waals surface area contributed by atoms with Crippen LogP contribution < -0.4 is 0 Å². The number of nitrogens with zero attached hydrogens (tertiary/aromatic N) is 2. The maximum atomic E-state index is 5.62. The summed E-state index contributed by atoms with van der Waals surface area (Å²) >= 11 is 0. The van der Waals surface area contributed by atoms with Gasteiger partial charge in [-0.15, -0.1) is 0 Å². The maximum Gasteiger partial charge on any atom is 0.250 e. The molecular weight excluding hydrogens is 216 g/mol. The fraction of sp³-hybridized carbons (Fsp3) is 0.538. The Balaban J connectivity index is 1.59. The molecule has 2 unspecified atom stereocenters. The van der Waals surface area contributed by atoms with Crippen LogP contribution in [0.5, 0.6) is 0 Å². The Morgan fingerprint density at radius 2 is 2.00 bits per heavy atom. The predicted molar refractivity (Wildman–Crippen MR) is 59.7 cm³/mol. The molecule has 1 aromatic rings. The molecule has 0 aromatic carbocycles. The number of fused-ring (bicyclic) bond motifs is 1. The van der Waals surface area contributed by atoms with Crippen LogP contribution in [0.3, 0.4) is 0 Å². The minimum absolute atomic E-state index is 0.259. The van der Waals surface area contributed by atoms with Crippen molar-refractivity contribution >= 4 is 0 Å². The molecule has 2 saturated carbocycles. The van der Waals surface area contributed by atoms with E-state index in [-0.39, 0.29) is 11.2 Å². The highest BCUT2D eigenvalue weighted by atomic mass is 16.7. The summed E-state index contributed by atoms with van der Waals surface area (Å²) in [5.41, 5.74) is 1.40. The van der Waals surface area contributed by atoms with E-state index in [1.54, 1.807) is 24.9 Å². The molecule has 1 aromatic heterocycles. The topological polar surface area (TPSA) is 44.2 Å². The zero-order valence-electron chi connectivity index (χ0n) is 9.50. The standard InChI is InChI=1S/C13H14N2O2/c1-2-13(16-5-6-17-13)8-10-7-12(1,10)11-9-14-3-4-15-11/h3-6,9-10H,1-2,7-8H2. The fourth-order valence-electron chi connectivity index (χ4n) is 3.39. The van der Waals surface area contributed by atoms with Gasteiger partial charge in [-0.3, -0.25) is 9.97 Å². The van der Waals surface area contributed by atoms with Gasteiger partial charge in [0.15, 0.2) is 0 Å². The molecule has 4 heteroatoms. The first-order valence-electron chi connectivity index (χ1n) is 6.10. The van der Waals surface area contributed by atoms with E-state index in [4.69, 9.17) is 9.47 Å². The van der Waals surface area contributed by atoms with Crippen LogP contribution in [0.2, 0.25) is 0 Å². The third kappa shape index (κ3) is 1.24. The predicted octanol–water partition coefficient (Wildman–Crippen LogP) is 2.13. The zero-order chi connectivity index (χ0) is 11.3. The van der Waals surface area contributed by atoms with E-state index in [1.165, 1.54) is 6.42 Å². The van der Waals surface area contributed by atoms with Gasteiger partial charge in [-0.25, -0.2) is 0 Å². The quantitative estimate of drug-likeness (QED) is 0.741. The lowest BCUT2D eigenvalue weighted by atomic mass is 9.82. The van der Waals surface area contributed by atoms with Crippen LogP contribution in [0.25, 0.3) is 0 Å². The van der Waals surface area contributed by atoms with E-state index in [1.807, 2.05) is 6.20 Å². The largest absolute Gasteiger partial charge is 0.457 e. The second kappa shape index (κ2) is 3.00. The molecule has 2 fully saturated rings. The molecule has 88 valence electrons. The molecule has 4 nitrogen and oxygen atoms in total. The normalized spacial score (nSPS) is 36.1. The van der Waals surface area contributed by atoms with E-state index in [2.05, 4.69) is 9.97 Å². The number of rotatable bonds is 1. The SMILES string of the molecule is C1=COC2(CCC3(c4cnccn4)CC3C2)O1. The Morgan fingerprint density at radius 3 is 2.71 bits per heavy atom. The highest BCUT2D eigenvalue weighted by Crippen LogP contribution is 2.64. The summed E-state index contributed by atoms with van der Waals surface area (Å²) in [7, 11) is 0. The molecule has 0 amide bonds. The van der Waals surface area contributed by atoms with Crippen LogP contribution in [-0.2, 0) is 14.9 Å². The number of hydrogen-bond acceptors (Lipinski definition) is 4. The van der Waals surface area contributed by atoms with Crippen molar-refractivity contribution in [1.82, 2.24) is 9.97 Å². The zero-order valence-corrected chi connectivity index (χ0v) is 9.50. The van der Waals surface area contributed by atoms with Gasteiger partial charge in [0.25, 0.3) is 0 Å². The average molecular weight is 230 g/mol. The van der Waals surface area contributed by atoms with Crippen molar-refractivity contribution in [3.05, 3.63) is 36.8 Å². The van der Waals surface area contributed by atoms with Gasteiger partial charge in [-0.05, 0) is 18.8 Å². The summed E-state index contributed by atoms with van der Waals surface area (Å²) in [6, 6.07) is 0. The fourth-order valence-corrected chi connectivity index (χ4v) is 3.39. The Bertz CT molecular complexity index is 466. The van der Waals surface area contributed by atoms with Crippen molar-refractivity contribution < 1.29 is 9.47 Å². The minimum Gasteiger partial charge on any atom is -0.457 e. The molecule has 0 bridgehead atoms. The van der Waals surface area contributed by atoms with Crippen LogP contribution in [0.4, 0.5) is 0 Å². The Hall–Kier alpha value is -1.58. The van der Waals surface area contributed by atoms with Crippen LogP contribution in [0, 0.1) is 5.92 Å². The lowest BCUT2D eigenvalue weighted by Crippen LogP contribution is -2.37. The Kier molecular flexibility index (Phi) is 1.67. The van der Waals surface area contributed by atoms with Gasteiger partial charge in [0.1, 0.15) is 12.5 Å². The van der Waals surface area contributed by atoms with Crippen molar-refractivity contribution in [2.45, 2.75) is 36.9 Å². The molecule has 0 radical (unpaired) electrons. The molecular formula is C13H14N2O2. The number of ether oxygens (including phenoxy) is 2. The van der Waals surface area contributed by atoms with Crippen molar-refractivity contribution in [2.75, 3.05) is 0 Å². The van der Waals surface area contributed by atoms with Gasteiger partial charge in [0, 0.05) is 36.8 Å². The molecule has 2 atom stereocenters. The third-order valence-corrected chi connectivity index (χ3v) is 4.44. The van der Waals surface area contributed by atoms with Gasteiger partial charge in [0.05, 0.1) is 5.69 Å². The van der Waals surface area contributed by atoms with Crippen molar-refractivity contribution in [1.29, 1.82) is 0 Å². The lowest BCUT2D eigenvalue weighted by Gasteiger charge is -2.34. The van der Waals surface area contributed by atoms with Crippen LogP contribution in [0.1, 0.15) is 31.4 Å². The van der Waals surface area contributed by atoms with E-state index in [9.17, 15) is 0 Å². The van der Waals surface area contributed by atoms with E-state index >= 15 is 0 Å². The molecule has 17 heavy (non-hydrogen) atoms. The summed E-state index contributed by atoms with van der Waals surface area (Å²) in [5, 5.41) is 0. The monoisotopic (exact) mass is 230 g/mol. The Labute approximate surface area is 99.7 Å². The van der Waals surface area contributed by atoms with Gasteiger partial charge in [-0.2, -0.15) is 0 Å². The first-order chi connectivity index (χ1) is 8.33. The van der Waals surface area contributed by atoms with Gasteiger partial charge < -0.3 is 9.47 Å². The summed E-state index contributed by atoms with van der Waals surface area (Å²) < 4.78 is 11.2. The third-order valence-electron chi connectivity index (χ3n) is 4.44. The Morgan fingerprint density at radius 1 is 1.12 bits per heavy atom. The molecule has 2 heterocycles. The van der Waals surface area contributed by atoms with Gasteiger partial charge in [0.2, 0.25) is 5.79 Å². The molecule has 1 spiro atoms. The highest BCUT2D eigenvalue weighted by Gasteiger charge is 2.64. The maximum absolute atomic E-state index is 5.62. The lowest BCUT2D eigenvalue weighted by molar-refractivity contribution is -0.166. The van der Waals surface area contributed by atoms with Crippen molar-refractivity contribution in [3.8, 4) is 0 Å². The van der Waals surface area contributed by atoms with E-state index in [0.29, 0.717) is 5.92 Å². The smallest absolute Gasteiger partial charge is 0.250 e. The van der Waals surface area contributed by atoms with Crippen molar-refractivity contribution in [2.24, 2.45) is 5.92 Å². The van der Waals surface area contributed by atoms with Gasteiger partial charge in [-0.1, -0.05) is 0 Å². The molecule has 2 aliphatic carbocycles. The molecule has 0 N–H and O–H groups in total. The molecule has 4 rings (SSSR count). The van der Waals surface area contributed by atoms with Gasteiger partial charge >= 0.3 is 0 Å². The highest BCUT2D eigenvalue weighted by molar-refractivity contribution is 5.28. The van der Waals surface area contributed by atoms with Crippen LogP contribution >= 0.6 is 0 Å². The summed E-state index contributed by atoms with van der Waals surface area (Å²) in [6.45, 7) is 0. The second-order valence-electron chi connectivity index (χ2n) is 5.27. The first kappa shape index (κ1) is 9.45. The van der Waals surface area contributed by atoms with E-state index < -0.39 is 0 Å². The number of hydrogen-bond donors (Lipinski definition) is 0.